The lowest BCUT2D eigenvalue weighted by Crippen LogP contribution is -2.43. The summed E-state index contributed by atoms with van der Waals surface area (Å²) in [6.07, 6.45) is -6.80. The van der Waals surface area contributed by atoms with Crippen molar-refractivity contribution >= 4 is 31.2 Å². The van der Waals surface area contributed by atoms with Crippen molar-refractivity contribution in [1.82, 2.24) is 4.90 Å². The monoisotopic (exact) mass is 281 g/mol. The molecule has 6 nitrogen and oxygen atoms in total. The summed E-state index contributed by atoms with van der Waals surface area (Å²) in [4.78, 5) is 37.6. The topological polar surface area (TPSA) is 94.9 Å². The van der Waals surface area contributed by atoms with Gasteiger partial charge in [0.15, 0.2) is 0 Å². The molecular weight excluding hydrogens is 274 g/mol. The highest BCUT2D eigenvalue weighted by molar-refractivity contribution is 7.96. The molecule has 0 rings (SSSR count). The first kappa shape index (κ1) is 15.4. The molecule has 1 amide bonds. The van der Waals surface area contributed by atoms with Crippen LogP contribution in [0.3, 0.4) is 0 Å². The molecule has 0 saturated carbocycles. The Kier molecular flexibility index (Phi) is 4.99. The van der Waals surface area contributed by atoms with Crippen molar-refractivity contribution in [3.8, 4) is 0 Å². The summed E-state index contributed by atoms with van der Waals surface area (Å²) in [5, 5.41) is -1.12. The minimum absolute atomic E-state index is 0.296. The molecule has 11 heteroatoms. The molecule has 0 radical (unpaired) electrons. The molecule has 0 aliphatic carbocycles. The molecule has 0 heterocycles. The SMILES string of the molecule is O=C(S)CN(CP(=O)(O)O)C(=O)C(F)(F)F. The molecule has 16 heavy (non-hydrogen) atoms. The van der Waals surface area contributed by atoms with E-state index in [0.29, 0.717) is 0 Å². The smallest absolute Gasteiger partial charge is 0.323 e. The van der Waals surface area contributed by atoms with Crippen LogP contribution >= 0.6 is 20.2 Å². The average Bonchev–Trinajstić information content (AvgIpc) is 1.96. The van der Waals surface area contributed by atoms with Gasteiger partial charge in [0, 0.05) is 0 Å². The number of carbonyl (C=O) groups is 2. The first-order valence-corrected chi connectivity index (χ1v) is 5.80. The van der Waals surface area contributed by atoms with E-state index in [2.05, 4.69) is 12.6 Å². The molecule has 0 atom stereocenters. The Hall–Kier alpha value is -0.570. The van der Waals surface area contributed by atoms with Crippen LogP contribution < -0.4 is 0 Å². The third-order valence-electron chi connectivity index (χ3n) is 1.21. The Bertz CT molecular complexity index is 339. The molecule has 0 aliphatic heterocycles. The van der Waals surface area contributed by atoms with Gasteiger partial charge in [-0.25, -0.2) is 0 Å². The van der Waals surface area contributed by atoms with Gasteiger partial charge in [0.05, 0.1) is 6.54 Å². The molecule has 0 saturated heterocycles. The Labute approximate surface area is 93.0 Å². The van der Waals surface area contributed by atoms with Crippen LogP contribution in [0.2, 0.25) is 0 Å². The maximum absolute atomic E-state index is 11.9. The van der Waals surface area contributed by atoms with Crippen molar-refractivity contribution in [2.75, 3.05) is 12.8 Å². The number of halogens is 3. The fourth-order valence-electron chi connectivity index (χ4n) is 0.751. The van der Waals surface area contributed by atoms with E-state index in [-0.39, 0.29) is 4.90 Å². The maximum Gasteiger partial charge on any atom is 0.471 e. The van der Waals surface area contributed by atoms with Crippen LogP contribution in [0.15, 0.2) is 0 Å². The third kappa shape index (κ3) is 6.11. The van der Waals surface area contributed by atoms with Crippen LogP contribution in [0, 0.1) is 0 Å². The zero-order valence-electron chi connectivity index (χ0n) is 7.51. The van der Waals surface area contributed by atoms with Crippen LogP contribution in [-0.4, -0.2) is 44.7 Å². The van der Waals surface area contributed by atoms with Gasteiger partial charge in [0.25, 0.3) is 0 Å². The van der Waals surface area contributed by atoms with E-state index in [9.17, 15) is 27.3 Å². The van der Waals surface area contributed by atoms with E-state index in [1.165, 1.54) is 0 Å². The third-order valence-corrected chi connectivity index (χ3v) is 2.06. The van der Waals surface area contributed by atoms with E-state index in [0.717, 1.165) is 0 Å². The molecule has 0 aliphatic rings. The van der Waals surface area contributed by atoms with E-state index in [4.69, 9.17) is 9.79 Å². The highest BCUT2D eigenvalue weighted by Crippen LogP contribution is 2.36. The molecule has 0 bridgehead atoms. The highest BCUT2D eigenvalue weighted by atomic mass is 32.1. The Morgan fingerprint density at radius 2 is 1.75 bits per heavy atom. The van der Waals surface area contributed by atoms with Crippen molar-refractivity contribution in [1.29, 1.82) is 0 Å². The molecule has 2 N–H and O–H groups in total. The molecule has 0 spiro atoms. The van der Waals surface area contributed by atoms with Crippen molar-refractivity contribution in [2.45, 2.75) is 6.18 Å². The van der Waals surface area contributed by atoms with Gasteiger partial charge in [-0.3, -0.25) is 14.2 Å². The second kappa shape index (κ2) is 5.17. The van der Waals surface area contributed by atoms with Crippen LogP contribution in [0.5, 0.6) is 0 Å². The lowest BCUT2D eigenvalue weighted by Gasteiger charge is -2.22. The number of thiol groups is 1. The quantitative estimate of drug-likeness (QED) is 0.497. The van der Waals surface area contributed by atoms with Gasteiger partial charge in [-0.1, -0.05) is 0 Å². The number of hydrogen-bond acceptors (Lipinski definition) is 3. The highest BCUT2D eigenvalue weighted by Gasteiger charge is 2.44. The van der Waals surface area contributed by atoms with E-state index in [1.54, 1.807) is 0 Å². The lowest BCUT2D eigenvalue weighted by atomic mass is 10.5. The fourth-order valence-corrected chi connectivity index (χ4v) is 1.59. The molecule has 0 fully saturated rings. The van der Waals surface area contributed by atoms with Crippen molar-refractivity contribution in [3.63, 3.8) is 0 Å². The van der Waals surface area contributed by atoms with Crippen molar-refractivity contribution in [3.05, 3.63) is 0 Å². The molecule has 0 aromatic heterocycles. The molecule has 94 valence electrons. The summed E-state index contributed by atoms with van der Waals surface area (Å²) in [5.74, 6) is -2.50. The summed E-state index contributed by atoms with van der Waals surface area (Å²) < 4.78 is 46.3. The van der Waals surface area contributed by atoms with Gasteiger partial charge < -0.3 is 14.7 Å². The van der Waals surface area contributed by atoms with Gasteiger partial charge in [-0.15, -0.1) is 12.6 Å². The van der Waals surface area contributed by atoms with Crippen LogP contribution in [0.25, 0.3) is 0 Å². The summed E-state index contributed by atoms with van der Waals surface area (Å²) in [6, 6.07) is 0. The van der Waals surface area contributed by atoms with Crippen molar-refractivity contribution in [2.24, 2.45) is 0 Å². The number of rotatable bonds is 4. The van der Waals surface area contributed by atoms with E-state index < -0.39 is 37.6 Å². The zero-order valence-corrected chi connectivity index (χ0v) is 9.30. The Balaban J connectivity index is 4.89. The normalized spacial score (nSPS) is 12.4. The first-order valence-electron chi connectivity index (χ1n) is 3.56. The predicted molar refractivity (Wildman–Crippen MR) is 48.7 cm³/mol. The van der Waals surface area contributed by atoms with Gasteiger partial charge in [0.1, 0.15) is 6.29 Å². The summed E-state index contributed by atoms with van der Waals surface area (Å²) in [6.45, 7) is -1.13. The van der Waals surface area contributed by atoms with Gasteiger partial charge in [-0.2, -0.15) is 13.2 Å². The lowest BCUT2D eigenvalue weighted by molar-refractivity contribution is -0.184. The predicted octanol–water partition coefficient (Wildman–Crippen LogP) is -0.0311. The van der Waals surface area contributed by atoms with Crippen LogP contribution in [-0.2, 0) is 14.2 Å². The molecular formula is C5H7F3NO5PS. The summed E-state index contributed by atoms with van der Waals surface area (Å²) >= 11 is 3.12. The standard InChI is InChI=1S/C5H7F3NO5PS/c6-5(7,8)4(11)9(1-3(10)16)2-15(12,13)14/h1-2H2,(H,10,16)(H2,12,13,14). The number of amides is 1. The van der Waals surface area contributed by atoms with Crippen LogP contribution in [0.4, 0.5) is 13.2 Å². The van der Waals surface area contributed by atoms with Gasteiger partial charge in [0.2, 0.25) is 5.12 Å². The number of carbonyl (C=O) groups excluding carboxylic acids is 2. The van der Waals surface area contributed by atoms with Crippen LogP contribution in [0.1, 0.15) is 0 Å². The van der Waals surface area contributed by atoms with Gasteiger partial charge in [-0.05, 0) is 0 Å². The molecule has 0 aromatic carbocycles. The van der Waals surface area contributed by atoms with Gasteiger partial charge >= 0.3 is 19.7 Å². The number of hydrogen-bond donors (Lipinski definition) is 3. The minimum atomic E-state index is -5.31. The zero-order chi connectivity index (χ0) is 13.1. The second-order valence-electron chi connectivity index (χ2n) is 2.70. The summed E-state index contributed by atoms with van der Waals surface area (Å²) in [5.41, 5.74) is 0. The average molecular weight is 281 g/mol. The maximum atomic E-state index is 11.9. The van der Waals surface area contributed by atoms with E-state index >= 15 is 0 Å². The van der Waals surface area contributed by atoms with Crippen molar-refractivity contribution < 1.29 is 37.1 Å². The Morgan fingerprint density at radius 1 is 1.31 bits per heavy atom. The van der Waals surface area contributed by atoms with E-state index in [1.807, 2.05) is 0 Å². The Morgan fingerprint density at radius 3 is 2.00 bits per heavy atom. The number of alkyl halides is 3. The minimum Gasteiger partial charge on any atom is -0.323 e. The number of nitrogens with zero attached hydrogens (tertiary/aromatic N) is 1. The molecule has 0 unspecified atom stereocenters. The fraction of sp³-hybridized carbons (Fsp3) is 0.600. The summed E-state index contributed by atoms with van der Waals surface area (Å²) in [7, 11) is -4.88. The molecule has 0 aromatic rings. The second-order valence-corrected chi connectivity index (χ2v) is 4.81. The largest absolute Gasteiger partial charge is 0.471 e. The first-order chi connectivity index (χ1) is 6.93.